The van der Waals surface area contributed by atoms with Crippen LogP contribution in [0.2, 0.25) is 0 Å². The molecule has 1 amide bonds. The number of aliphatic hydroxyl groups excluding tert-OH is 1. The molecule has 0 fully saturated rings. The molecule has 0 spiro atoms. The van der Waals surface area contributed by atoms with Crippen LogP contribution in [0.15, 0.2) is 34.9 Å². The summed E-state index contributed by atoms with van der Waals surface area (Å²) < 4.78 is 5.14. The molecule has 106 valence electrons. The van der Waals surface area contributed by atoms with Crippen molar-refractivity contribution in [1.29, 1.82) is 0 Å². The third kappa shape index (κ3) is 3.24. The Bertz CT molecular complexity index is 576. The Morgan fingerprint density at radius 3 is 2.75 bits per heavy atom. The molecule has 2 N–H and O–H groups in total. The van der Waals surface area contributed by atoms with Gasteiger partial charge in [-0.2, -0.15) is 0 Å². The van der Waals surface area contributed by atoms with Crippen LogP contribution in [-0.4, -0.2) is 28.8 Å². The molecule has 0 radical (unpaired) electrons. The van der Waals surface area contributed by atoms with E-state index >= 15 is 0 Å². The highest BCUT2D eigenvalue weighted by Gasteiger charge is 2.21. The number of rotatable bonds is 5. The molecule has 0 aliphatic carbocycles. The summed E-state index contributed by atoms with van der Waals surface area (Å²) in [7, 11) is 0. The molecule has 0 aliphatic heterocycles. The van der Waals surface area contributed by atoms with Crippen LogP contribution in [0.3, 0.4) is 0 Å². The van der Waals surface area contributed by atoms with E-state index < -0.39 is 6.10 Å². The summed E-state index contributed by atoms with van der Waals surface area (Å²) in [4.78, 5) is 12.2. The first-order chi connectivity index (χ1) is 9.59. The van der Waals surface area contributed by atoms with Crippen LogP contribution in [0.4, 0.5) is 0 Å². The molecule has 0 aliphatic rings. The number of carbonyl (C=O) groups excluding carboxylic acids is 1. The van der Waals surface area contributed by atoms with Gasteiger partial charge in [0.25, 0.3) is 5.91 Å². The van der Waals surface area contributed by atoms with E-state index in [2.05, 4.69) is 10.5 Å². The van der Waals surface area contributed by atoms with Gasteiger partial charge in [0, 0.05) is 12.1 Å². The van der Waals surface area contributed by atoms with E-state index in [0.29, 0.717) is 30.0 Å². The largest absolute Gasteiger partial charge is 0.393 e. The van der Waals surface area contributed by atoms with Gasteiger partial charge < -0.3 is 14.9 Å². The maximum absolute atomic E-state index is 12.2. The molecule has 5 heteroatoms. The third-order valence-electron chi connectivity index (χ3n) is 2.98. The van der Waals surface area contributed by atoms with Crippen molar-refractivity contribution in [3.8, 4) is 11.3 Å². The Kier molecular flexibility index (Phi) is 4.53. The normalized spacial score (nSPS) is 12.2. The highest BCUT2D eigenvalue weighted by Crippen LogP contribution is 2.24. The van der Waals surface area contributed by atoms with Gasteiger partial charge in [-0.25, -0.2) is 0 Å². The maximum Gasteiger partial charge on any atom is 0.257 e. The zero-order chi connectivity index (χ0) is 14.5. The lowest BCUT2D eigenvalue weighted by Gasteiger charge is -2.07. The summed E-state index contributed by atoms with van der Waals surface area (Å²) in [5, 5.41) is 15.9. The third-order valence-corrected chi connectivity index (χ3v) is 2.98. The fourth-order valence-electron chi connectivity index (χ4n) is 1.92. The summed E-state index contributed by atoms with van der Waals surface area (Å²) in [6.07, 6.45) is 0.0731. The molecule has 1 unspecified atom stereocenters. The second-order valence-corrected chi connectivity index (χ2v) is 4.72. The van der Waals surface area contributed by atoms with Crippen LogP contribution in [0, 0.1) is 6.92 Å². The molecule has 1 atom stereocenters. The summed E-state index contributed by atoms with van der Waals surface area (Å²) >= 11 is 0. The number of aromatic nitrogens is 1. The number of hydrogen-bond donors (Lipinski definition) is 2. The number of benzene rings is 1. The van der Waals surface area contributed by atoms with E-state index in [9.17, 15) is 9.90 Å². The Hall–Kier alpha value is -2.14. The van der Waals surface area contributed by atoms with Crippen molar-refractivity contribution < 1.29 is 14.4 Å². The number of nitrogens with zero attached hydrogens (tertiary/aromatic N) is 1. The number of nitrogens with one attached hydrogen (secondary N) is 1. The summed E-state index contributed by atoms with van der Waals surface area (Å²) in [5.41, 5.74) is 1.82. The van der Waals surface area contributed by atoms with Gasteiger partial charge in [-0.05, 0) is 20.3 Å². The number of carbonyl (C=O) groups is 1. The Labute approximate surface area is 117 Å². The molecule has 1 aromatic carbocycles. The van der Waals surface area contributed by atoms with Crippen molar-refractivity contribution in [3.63, 3.8) is 0 Å². The minimum Gasteiger partial charge on any atom is -0.393 e. The van der Waals surface area contributed by atoms with Crippen molar-refractivity contribution in [2.75, 3.05) is 6.54 Å². The average Bonchev–Trinajstić information content (AvgIpc) is 2.81. The Balaban J connectivity index is 2.19. The van der Waals surface area contributed by atoms with Crippen LogP contribution in [0.5, 0.6) is 0 Å². The summed E-state index contributed by atoms with van der Waals surface area (Å²) in [6, 6.07) is 9.43. The van der Waals surface area contributed by atoms with Gasteiger partial charge in [-0.1, -0.05) is 35.5 Å². The molecule has 2 rings (SSSR count). The smallest absolute Gasteiger partial charge is 0.257 e. The lowest BCUT2D eigenvalue weighted by atomic mass is 10.1. The van der Waals surface area contributed by atoms with Gasteiger partial charge in [0.05, 0.1) is 6.10 Å². The maximum atomic E-state index is 12.2. The van der Waals surface area contributed by atoms with E-state index in [1.807, 2.05) is 30.3 Å². The number of aliphatic hydroxyl groups is 1. The highest BCUT2D eigenvalue weighted by atomic mass is 16.5. The van der Waals surface area contributed by atoms with Crippen LogP contribution in [-0.2, 0) is 0 Å². The zero-order valence-corrected chi connectivity index (χ0v) is 11.6. The predicted molar refractivity (Wildman–Crippen MR) is 75.3 cm³/mol. The van der Waals surface area contributed by atoms with Gasteiger partial charge in [-0.15, -0.1) is 0 Å². The Morgan fingerprint density at radius 1 is 1.40 bits per heavy atom. The summed E-state index contributed by atoms with van der Waals surface area (Å²) in [5.74, 6) is 0.252. The zero-order valence-electron chi connectivity index (χ0n) is 11.6. The molecule has 1 heterocycles. The van der Waals surface area contributed by atoms with Crippen molar-refractivity contribution >= 4 is 5.91 Å². The topological polar surface area (TPSA) is 75.4 Å². The van der Waals surface area contributed by atoms with Gasteiger partial charge in [0.15, 0.2) is 0 Å². The van der Waals surface area contributed by atoms with E-state index in [-0.39, 0.29) is 5.91 Å². The molecule has 0 saturated heterocycles. The molecule has 5 nitrogen and oxygen atoms in total. The second-order valence-electron chi connectivity index (χ2n) is 4.72. The predicted octanol–water partition coefficient (Wildman–Crippen LogP) is 2.15. The van der Waals surface area contributed by atoms with Crippen molar-refractivity contribution in [3.05, 3.63) is 41.7 Å². The monoisotopic (exact) mass is 274 g/mol. The van der Waals surface area contributed by atoms with Crippen molar-refractivity contribution in [2.45, 2.75) is 26.4 Å². The minimum atomic E-state index is -0.438. The fraction of sp³-hybridized carbons (Fsp3) is 0.333. The SMILES string of the molecule is Cc1onc(-c2ccccc2)c1C(=O)NCCC(C)O. The molecule has 2 aromatic rings. The lowest BCUT2D eigenvalue weighted by Crippen LogP contribution is -2.27. The van der Waals surface area contributed by atoms with Crippen LogP contribution in [0.25, 0.3) is 11.3 Å². The summed E-state index contributed by atoms with van der Waals surface area (Å²) in [6.45, 7) is 3.81. The number of hydrogen-bond acceptors (Lipinski definition) is 4. The molecule has 0 bridgehead atoms. The van der Waals surface area contributed by atoms with Crippen LogP contribution in [0.1, 0.15) is 29.5 Å². The minimum absolute atomic E-state index is 0.233. The highest BCUT2D eigenvalue weighted by molar-refractivity contribution is 6.00. The fourth-order valence-corrected chi connectivity index (χ4v) is 1.92. The van der Waals surface area contributed by atoms with Crippen LogP contribution >= 0.6 is 0 Å². The lowest BCUT2D eigenvalue weighted by molar-refractivity contribution is 0.0944. The van der Waals surface area contributed by atoms with Crippen molar-refractivity contribution in [2.24, 2.45) is 0 Å². The number of amides is 1. The van der Waals surface area contributed by atoms with Crippen LogP contribution < -0.4 is 5.32 Å². The van der Waals surface area contributed by atoms with Gasteiger partial charge in [-0.3, -0.25) is 4.79 Å². The standard InChI is InChI=1S/C15H18N2O3/c1-10(18)8-9-16-15(19)13-11(2)20-17-14(13)12-6-4-3-5-7-12/h3-7,10,18H,8-9H2,1-2H3,(H,16,19). The van der Waals surface area contributed by atoms with E-state index in [1.165, 1.54) is 0 Å². The average molecular weight is 274 g/mol. The van der Waals surface area contributed by atoms with Gasteiger partial charge in [0.2, 0.25) is 0 Å². The quantitative estimate of drug-likeness (QED) is 0.876. The number of aryl methyl sites for hydroxylation is 1. The van der Waals surface area contributed by atoms with Gasteiger partial charge >= 0.3 is 0 Å². The van der Waals surface area contributed by atoms with E-state index in [4.69, 9.17) is 4.52 Å². The first-order valence-electron chi connectivity index (χ1n) is 6.57. The first kappa shape index (κ1) is 14.3. The molecule has 1 aromatic heterocycles. The molecule has 20 heavy (non-hydrogen) atoms. The Morgan fingerprint density at radius 2 is 2.10 bits per heavy atom. The molecular formula is C15H18N2O3. The second kappa shape index (κ2) is 6.34. The molecular weight excluding hydrogens is 256 g/mol. The first-order valence-corrected chi connectivity index (χ1v) is 6.57. The van der Waals surface area contributed by atoms with Gasteiger partial charge in [0.1, 0.15) is 17.0 Å². The van der Waals surface area contributed by atoms with E-state index in [0.717, 1.165) is 5.56 Å². The van der Waals surface area contributed by atoms with Crippen molar-refractivity contribution in [1.82, 2.24) is 10.5 Å². The van der Waals surface area contributed by atoms with E-state index in [1.54, 1.807) is 13.8 Å². The molecule has 0 saturated carbocycles.